The molecule has 2 aromatic rings. The Morgan fingerprint density at radius 2 is 2.11 bits per heavy atom. The zero-order valence-corrected chi connectivity index (χ0v) is 12.1. The average Bonchev–Trinajstić information content (AvgIpc) is 2.66. The van der Waals surface area contributed by atoms with E-state index in [2.05, 4.69) is 17.3 Å². The Hall–Kier alpha value is -1.39. The molecule has 102 valence electrons. The first-order valence-corrected chi connectivity index (χ1v) is 6.63. The minimum atomic E-state index is -0.431. The van der Waals surface area contributed by atoms with Gasteiger partial charge in [0.2, 0.25) is 0 Å². The molecule has 2 rings (SSSR count). The Morgan fingerprint density at radius 1 is 1.37 bits per heavy atom. The lowest BCUT2D eigenvalue weighted by Crippen LogP contribution is -2.13. The number of halogens is 2. The molecule has 0 saturated carbocycles. The van der Waals surface area contributed by atoms with Crippen LogP contribution in [0.5, 0.6) is 0 Å². The Balaban J connectivity index is 2.42. The highest BCUT2D eigenvalue weighted by atomic mass is 35.5. The van der Waals surface area contributed by atoms with Crippen LogP contribution >= 0.6 is 11.6 Å². The fourth-order valence-electron chi connectivity index (χ4n) is 2.05. The van der Waals surface area contributed by atoms with Crippen LogP contribution in [0.15, 0.2) is 18.2 Å². The van der Waals surface area contributed by atoms with E-state index in [0.717, 1.165) is 30.0 Å². The third-order valence-corrected chi connectivity index (χ3v) is 3.45. The van der Waals surface area contributed by atoms with Gasteiger partial charge in [0.1, 0.15) is 5.82 Å². The van der Waals surface area contributed by atoms with E-state index in [9.17, 15) is 4.39 Å². The van der Waals surface area contributed by atoms with Gasteiger partial charge in [0.15, 0.2) is 0 Å². The van der Waals surface area contributed by atoms with Gasteiger partial charge in [-0.15, -0.1) is 0 Å². The number of hydrogen-bond acceptors (Lipinski definition) is 2. The summed E-state index contributed by atoms with van der Waals surface area (Å²) in [5.74, 6) is -0.431. The number of hydrogen-bond donors (Lipinski definition) is 1. The highest BCUT2D eigenvalue weighted by molar-refractivity contribution is 6.30. The Labute approximate surface area is 117 Å². The van der Waals surface area contributed by atoms with Gasteiger partial charge >= 0.3 is 0 Å². The van der Waals surface area contributed by atoms with Crippen LogP contribution in [-0.4, -0.2) is 16.3 Å². The number of nitrogens with one attached hydrogen (secondary N) is 1. The van der Waals surface area contributed by atoms with Crippen molar-refractivity contribution in [2.24, 2.45) is 0 Å². The second-order valence-electron chi connectivity index (χ2n) is 4.44. The number of rotatable bonds is 4. The minimum absolute atomic E-state index is 0.123. The zero-order chi connectivity index (χ0) is 14.0. The predicted octanol–water partition coefficient (Wildman–Crippen LogP) is 3.39. The van der Waals surface area contributed by atoms with Crippen LogP contribution in [0.2, 0.25) is 5.02 Å². The summed E-state index contributed by atoms with van der Waals surface area (Å²) < 4.78 is 15.3. The van der Waals surface area contributed by atoms with Gasteiger partial charge in [-0.3, -0.25) is 0 Å². The molecule has 1 N–H and O–H groups in total. The molecule has 0 saturated heterocycles. The van der Waals surface area contributed by atoms with Crippen molar-refractivity contribution in [3.63, 3.8) is 0 Å². The zero-order valence-electron chi connectivity index (χ0n) is 11.3. The largest absolute Gasteiger partial charge is 0.313 e. The summed E-state index contributed by atoms with van der Waals surface area (Å²) in [6.07, 6.45) is 0. The van der Waals surface area contributed by atoms with E-state index >= 15 is 0 Å². The van der Waals surface area contributed by atoms with Gasteiger partial charge in [-0.1, -0.05) is 18.5 Å². The Bertz CT molecular complexity index is 593. The molecular weight excluding hydrogens is 265 g/mol. The Morgan fingerprint density at radius 3 is 2.74 bits per heavy atom. The van der Waals surface area contributed by atoms with Crippen LogP contribution in [0.3, 0.4) is 0 Å². The first kappa shape index (κ1) is 14.0. The molecule has 3 nitrogen and oxygen atoms in total. The van der Waals surface area contributed by atoms with Crippen molar-refractivity contribution < 1.29 is 4.39 Å². The van der Waals surface area contributed by atoms with Gasteiger partial charge in [0.05, 0.1) is 16.4 Å². The van der Waals surface area contributed by atoms with Gasteiger partial charge in [0.25, 0.3) is 0 Å². The van der Waals surface area contributed by atoms with Crippen molar-refractivity contribution in [2.75, 3.05) is 6.54 Å². The SMILES string of the molecule is CCNCc1c(C)nn(-c2ccc(Cl)c(F)c2)c1C. The second-order valence-corrected chi connectivity index (χ2v) is 4.85. The molecular formula is C14H17ClFN3. The van der Waals surface area contributed by atoms with Crippen LogP contribution < -0.4 is 5.32 Å². The molecule has 1 aromatic heterocycles. The van der Waals surface area contributed by atoms with Crippen molar-refractivity contribution in [2.45, 2.75) is 27.3 Å². The molecule has 0 amide bonds. The summed E-state index contributed by atoms with van der Waals surface area (Å²) in [5, 5.41) is 7.88. The van der Waals surface area contributed by atoms with Crippen LogP contribution in [0.4, 0.5) is 4.39 Å². The van der Waals surface area contributed by atoms with Crippen LogP contribution in [0.1, 0.15) is 23.9 Å². The van der Waals surface area contributed by atoms with Gasteiger partial charge in [-0.05, 0) is 32.5 Å². The van der Waals surface area contributed by atoms with Crippen LogP contribution in [0, 0.1) is 19.7 Å². The van der Waals surface area contributed by atoms with Gasteiger partial charge in [-0.25, -0.2) is 9.07 Å². The quantitative estimate of drug-likeness (QED) is 0.931. The van der Waals surface area contributed by atoms with Crippen LogP contribution in [0.25, 0.3) is 5.69 Å². The second kappa shape index (κ2) is 5.72. The molecule has 19 heavy (non-hydrogen) atoms. The molecule has 0 aliphatic carbocycles. The fourth-order valence-corrected chi connectivity index (χ4v) is 2.17. The highest BCUT2D eigenvalue weighted by Gasteiger charge is 2.13. The summed E-state index contributed by atoms with van der Waals surface area (Å²) in [7, 11) is 0. The molecule has 1 heterocycles. The molecule has 0 atom stereocenters. The van der Waals surface area contributed by atoms with E-state index in [4.69, 9.17) is 11.6 Å². The normalized spacial score (nSPS) is 11.0. The standard InChI is InChI=1S/C14H17ClFN3/c1-4-17-8-12-9(2)18-19(10(12)3)11-5-6-13(15)14(16)7-11/h5-7,17H,4,8H2,1-3H3. The molecule has 5 heteroatoms. The minimum Gasteiger partial charge on any atom is -0.313 e. The smallest absolute Gasteiger partial charge is 0.143 e. The molecule has 0 bridgehead atoms. The maximum atomic E-state index is 13.5. The van der Waals surface area contributed by atoms with Crippen LogP contribution in [-0.2, 0) is 6.54 Å². The van der Waals surface area contributed by atoms with E-state index in [0.29, 0.717) is 5.69 Å². The number of benzene rings is 1. The lowest BCUT2D eigenvalue weighted by atomic mass is 10.2. The topological polar surface area (TPSA) is 29.9 Å². The van der Waals surface area contributed by atoms with E-state index in [1.165, 1.54) is 6.07 Å². The highest BCUT2D eigenvalue weighted by Crippen LogP contribution is 2.21. The van der Waals surface area contributed by atoms with E-state index in [1.807, 2.05) is 13.8 Å². The molecule has 1 aromatic carbocycles. The predicted molar refractivity (Wildman–Crippen MR) is 75.4 cm³/mol. The first-order valence-electron chi connectivity index (χ1n) is 6.25. The summed E-state index contributed by atoms with van der Waals surface area (Å²) >= 11 is 5.70. The summed E-state index contributed by atoms with van der Waals surface area (Å²) in [6.45, 7) is 7.68. The lowest BCUT2D eigenvalue weighted by Gasteiger charge is -2.06. The molecule has 0 aliphatic rings. The molecule has 0 radical (unpaired) electrons. The van der Waals surface area contributed by atoms with Crippen molar-refractivity contribution in [1.82, 2.24) is 15.1 Å². The van der Waals surface area contributed by atoms with Crippen molar-refractivity contribution in [3.05, 3.63) is 46.0 Å². The third-order valence-electron chi connectivity index (χ3n) is 3.14. The average molecular weight is 282 g/mol. The number of nitrogens with zero attached hydrogens (tertiary/aromatic N) is 2. The summed E-state index contributed by atoms with van der Waals surface area (Å²) in [4.78, 5) is 0. The van der Waals surface area contributed by atoms with Crippen molar-refractivity contribution in [3.8, 4) is 5.69 Å². The molecule has 0 spiro atoms. The van der Waals surface area contributed by atoms with E-state index in [-0.39, 0.29) is 5.02 Å². The van der Waals surface area contributed by atoms with E-state index < -0.39 is 5.82 Å². The van der Waals surface area contributed by atoms with E-state index in [1.54, 1.807) is 16.8 Å². The Kier molecular flexibility index (Phi) is 4.22. The number of aromatic nitrogens is 2. The third kappa shape index (κ3) is 2.80. The monoisotopic (exact) mass is 281 g/mol. The van der Waals surface area contributed by atoms with Gasteiger partial charge < -0.3 is 5.32 Å². The first-order chi connectivity index (χ1) is 9.04. The summed E-state index contributed by atoms with van der Waals surface area (Å²) in [5.41, 5.74) is 3.80. The van der Waals surface area contributed by atoms with Crippen molar-refractivity contribution in [1.29, 1.82) is 0 Å². The van der Waals surface area contributed by atoms with Gasteiger partial charge in [-0.2, -0.15) is 5.10 Å². The summed E-state index contributed by atoms with van der Waals surface area (Å²) in [6, 6.07) is 4.72. The molecule has 0 fully saturated rings. The van der Waals surface area contributed by atoms with Gasteiger partial charge in [0, 0.05) is 23.9 Å². The fraction of sp³-hybridized carbons (Fsp3) is 0.357. The maximum absolute atomic E-state index is 13.5. The maximum Gasteiger partial charge on any atom is 0.143 e. The molecule has 0 unspecified atom stereocenters. The number of aryl methyl sites for hydroxylation is 1. The lowest BCUT2D eigenvalue weighted by molar-refractivity contribution is 0.625. The van der Waals surface area contributed by atoms with Crippen molar-refractivity contribution >= 4 is 11.6 Å². The molecule has 0 aliphatic heterocycles.